The highest BCUT2D eigenvalue weighted by Gasteiger charge is 2.31. The van der Waals surface area contributed by atoms with Gasteiger partial charge in [0, 0.05) is 44.8 Å². The molecule has 0 atom stereocenters. The minimum Gasteiger partial charge on any atom is -0.336 e. The summed E-state index contributed by atoms with van der Waals surface area (Å²) in [6, 6.07) is 4.56. The Morgan fingerprint density at radius 2 is 1.86 bits per heavy atom. The Kier molecular flexibility index (Phi) is 4.84. The van der Waals surface area contributed by atoms with Crippen LogP contribution in [0.1, 0.15) is 15.9 Å². The Balaban J connectivity index is 2.04. The second kappa shape index (κ2) is 6.44. The maximum absolute atomic E-state index is 12.7. The summed E-state index contributed by atoms with van der Waals surface area (Å²) in [5.41, 5.74) is 4.76. The third kappa shape index (κ3) is 3.95. The number of hydrogen-bond acceptors (Lipinski definition) is 3. The first kappa shape index (κ1) is 15.8. The van der Waals surface area contributed by atoms with Crippen LogP contribution in [0.5, 0.6) is 0 Å². The first-order valence-corrected chi connectivity index (χ1v) is 6.81. The van der Waals surface area contributed by atoms with Gasteiger partial charge in [-0.25, -0.2) is 0 Å². The summed E-state index contributed by atoms with van der Waals surface area (Å²) in [4.78, 5) is 16.0. The second-order valence-electron chi connectivity index (χ2n) is 5.00. The number of carbonyl (C=O) groups is 1. The van der Waals surface area contributed by atoms with Crippen molar-refractivity contribution in [3.05, 3.63) is 35.4 Å². The largest absolute Gasteiger partial charge is 0.416 e. The van der Waals surface area contributed by atoms with Gasteiger partial charge in [-0.1, -0.05) is 6.07 Å². The van der Waals surface area contributed by atoms with Crippen LogP contribution < -0.4 is 5.73 Å². The average molecular weight is 301 g/mol. The fourth-order valence-electron chi connectivity index (χ4n) is 2.37. The molecule has 7 heteroatoms. The molecule has 21 heavy (non-hydrogen) atoms. The number of rotatable bonds is 3. The molecule has 2 N–H and O–H groups in total. The molecule has 1 aliphatic rings. The Morgan fingerprint density at radius 3 is 2.43 bits per heavy atom. The predicted molar refractivity (Wildman–Crippen MR) is 72.8 cm³/mol. The molecule has 2 rings (SSSR count). The van der Waals surface area contributed by atoms with Gasteiger partial charge in [0.25, 0.3) is 5.91 Å². The van der Waals surface area contributed by atoms with E-state index in [1.165, 1.54) is 12.1 Å². The number of halogens is 3. The smallest absolute Gasteiger partial charge is 0.336 e. The van der Waals surface area contributed by atoms with Gasteiger partial charge in [-0.05, 0) is 18.2 Å². The van der Waals surface area contributed by atoms with Gasteiger partial charge in [-0.15, -0.1) is 0 Å². The molecule has 1 amide bonds. The number of nitrogens with zero attached hydrogens (tertiary/aromatic N) is 2. The van der Waals surface area contributed by atoms with Crippen LogP contribution in [-0.2, 0) is 6.18 Å². The van der Waals surface area contributed by atoms with E-state index in [9.17, 15) is 18.0 Å². The Bertz CT molecular complexity index is 496. The summed E-state index contributed by atoms with van der Waals surface area (Å²) < 4.78 is 38.0. The molecule has 1 aromatic rings. The predicted octanol–water partition coefficient (Wildman–Crippen LogP) is 1.42. The van der Waals surface area contributed by atoms with Crippen molar-refractivity contribution in [2.24, 2.45) is 5.73 Å². The lowest BCUT2D eigenvalue weighted by Crippen LogP contribution is -2.49. The zero-order valence-electron chi connectivity index (χ0n) is 11.6. The number of nitrogens with two attached hydrogens (primary N) is 1. The number of amides is 1. The maximum Gasteiger partial charge on any atom is 0.416 e. The molecule has 0 radical (unpaired) electrons. The van der Waals surface area contributed by atoms with Crippen molar-refractivity contribution in [2.45, 2.75) is 6.18 Å². The summed E-state index contributed by atoms with van der Waals surface area (Å²) in [5, 5.41) is 0. The van der Waals surface area contributed by atoms with Crippen LogP contribution in [0, 0.1) is 0 Å². The number of benzene rings is 1. The van der Waals surface area contributed by atoms with Crippen LogP contribution in [0.25, 0.3) is 0 Å². The van der Waals surface area contributed by atoms with Crippen LogP contribution >= 0.6 is 0 Å². The van der Waals surface area contributed by atoms with E-state index in [4.69, 9.17) is 5.73 Å². The topological polar surface area (TPSA) is 49.6 Å². The molecule has 0 spiro atoms. The lowest BCUT2D eigenvalue weighted by atomic mass is 10.1. The van der Waals surface area contributed by atoms with Crippen molar-refractivity contribution < 1.29 is 18.0 Å². The highest BCUT2D eigenvalue weighted by Crippen LogP contribution is 2.29. The van der Waals surface area contributed by atoms with Gasteiger partial charge < -0.3 is 10.6 Å². The molecule has 1 heterocycles. The average Bonchev–Trinajstić information content (AvgIpc) is 2.47. The van der Waals surface area contributed by atoms with Gasteiger partial charge in [0.2, 0.25) is 0 Å². The lowest BCUT2D eigenvalue weighted by Gasteiger charge is -2.34. The van der Waals surface area contributed by atoms with Crippen LogP contribution in [0.3, 0.4) is 0 Å². The SMILES string of the molecule is NCCN1CCN(C(=O)c2cccc(C(F)(F)F)c2)CC1. The Labute approximate surface area is 121 Å². The Morgan fingerprint density at radius 1 is 1.19 bits per heavy atom. The molecular weight excluding hydrogens is 283 g/mol. The van der Waals surface area contributed by atoms with Crippen molar-refractivity contribution in [3.8, 4) is 0 Å². The van der Waals surface area contributed by atoms with Gasteiger partial charge in [-0.3, -0.25) is 9.69 Å². The first-order chi connectivity index (χ1) is 9.91. The number of alkyl halides is 3. The van der Waals surface area contributed by atoms with E-state index in [0.717, 1.165) is 18.7 Å². The van der Waals surface area contributed by atoms with Gasteiger partial charge in [0.1, 0.15) is 0 Å². The second-order valence-corrected chi connectivity index (χ2v) is 5.00. The highest BCUT2D eigenvalue weighted by atomic mass is 19.4. The molecule has 0 aromatic heterocycles. The van der Waals surface area contributed by atoms with Gasteiger partial charge in [0.05, 0.1) is 5.56 Å². The molecule has 116 valence electrons. The molecule has 1 fully saturated rings. The van der Waals surface area contributed by atoms with Crippen molar-refractivity contribution in [1.82, 2.24) is 9.80 Å². The normalized spacial score (nSPS) is 17.0. The Hall–Kier alpha value is -1.60. The van der Waals surface area contributed by atoms with Crippen LogP contribution in [0.4, 0.5) is 13.2 Å². The number of carbonyl (C=O) groups excluding carboxylic acids is 1. The zero-order valence-corrected chi connectivity index (χ0v) is 11.6. The van der Waals surface area contributed by atoms with Gasteiger partial charge in [0.15, 0.2) is 0 Å². The summed E-state index contributed by atoms with van der Waals surface area (Å²) >= 11 is 0. The van der Waals surface area contributed by atoms with E-state index >= 15 is 0 Å². The fourth-order valence-corrected chi connectivity index (χ4v) is 2.37. The lowest BCUT2D eigenvalue weighted by molar-refractivity contribution is -0.137. The third-order valence-corrected chi connectivity index (χ3v) is 3.54. The summed E-state index contributed by atoms with van der Waals surface area (Å²) in [5.74, 6) is -0.353. The summed E-state index contributed by atoms with van der Waals surface area (Å²) in [6.45, 7) is 3.74. The minimum absolute atomic E-state index is 0.0806. The third-order valence-electron chi connectivity index (χ3n) is 3.54. The van der Waals surface area contributed by atoms with E-state index in [1.807, 2.05) is 0 Å². The molecule has 1 aromatic carbocycles. The van der Waals surface area contributed by atoms with Crippen molar-refractivity contribution >= 4 is 5.91 Å². The molecule has 4 nitrogen and oxygen atoms in total. The standard InChI is InChI=1S/C14H18F3N3O/c15-14(16,17)12-3-1-2-11(10-12)13(21)20-8-6-19(5-4-18)7-9-20/h1-3,10H,4-9,18H2. The van der Waals surface area contributed by atoms with Crippen LogP contribution in [-0.4, -0.2) is 55.0 Å². The molecule has 1 saturated heterocycles. The van der Waals surface area contributed by atoms with E-state index in [-0.39, 0.29) is 11.5 Å². The van der Waals surface area contributed by atoms with Crippen LogP contribution in [0.15, 0.2) is 24.3 Å². The molecule has 0 bridgehead atoms. The minimum atomic E-state index is -4.43. The highest BCUT2D eigenvalue weighted by molar-refractivity contribution is 5.94. The van der Waals surface area contributed by atoms with E-state index < -0.39 is 11.7 Å². The monoisotopic (exact) mass is 301 g/mol. The molecular formula is C14H18F3N3O. The van der Waals surface area contributed by atoms with Crippen LogP contribution in [0.2, 0.25) is 0 Å². The van der Waals surface area contributed by atoms with E-state index in [0.29, 0.717) is 32.7 Å². The fraction of sp³-hybridized carbons (Fsp3) is 0.500. The van der Waals surface area contributed by atoms with E-state index in [1.54, 1.807) is 4.90 Å². The number of piperazine rings is 1. The first-order valence-electron chi connectivity index (χ1n) is 6.81. The van der Waals surface area contributed by atoms with Crippen molar-refractivity contribution in [1.29, 1.82) is 0 Å². The van der Waals surface area contributed by atoms with Gasteiger partial charge in [-0.2, -0.15) is 13.2 Å². The molecule has 0 aliphatic carbocycles. The maximum atomic E-state index is 12.7. The summed E-state index contributed by atoms with van der Waals surface area (Å²) in [7, 11) is 0. The number of hydrogen-bond donors (Lipinski definition) is 1. The molecule has 0 saturated carbocycles. The van der Waals surface area contributed by atoms with Crippen molar-refractivity contribution in [3.63, 3.8) is 0 Å². The molecule has 0 unspecified atom stereocenters. The van der Waals surface area contributed by atoms with Crippen molar-refractivity contribution in [2.75, 3.05) is 39.3 Å². The zero-order chi connectivity index (χ0) is 15.5. The van der Waals surface area contributed by atoms with E-state index in [2.05, 4.69) is 4.90 Å². The van der Waals surface area contributed by atoms with Gasteiger partial charge >= 0.3 is 6.18 Å². The quantitative estimate of drug-likeness (QED) is 0.918. The summed E-state index contributed by atoms with van der Waals surface area (Å²) in [6.07, 6.45) is -4.43. The molecule has 1 aliphatic heterocycles.